The highest BCUT2D eigenvalue weighted by Gasteiger charge is 2.22. The van der Waals surface area contributed by atoms with Crippen molar-refractivity contribution in [1.82, 2.24) is 9.88 Å². The number of carbonyl (C=O) groups is 1. The van der Waals surface area contributed by atoms with E-state index in [1.54, 1.807) is 0 Å². The van der Waals surface area contributed by atoms with Crippen molar-refractivity contribution in [3.05, 3.63) is 106 Å². The summed E-state index contributed by atoms with van der Waals surface area (Å²) in [4.78, 5) is 12.3. The molecule has 4 rings (SSSR count). The largest absolute Gasteiger partial charge is 0.477 e. The maximum Gasteiger partial charge on any atom is 0.352 e. The molecule has 0 fully saturated rings. The molecule has 0 unspecified atom stereocenters. The zero-order chi connectivity index (χ0) is 20.9. The lowest BCUT2D eigenvalue weighted by atomic mass is 10.1. The number of rotatable bonds is 8. The van der Waals surface area contributed by atoms with Gasteiger partial charge < -0.3 is 15.0 Å². The molecule has 0 saturated heterocycles. The van der Waals surface area contributed by atoms with Crippen molar-refractivity contribution in [3.8, 4) is 0 Å². The van der Waals surface area contributed by atoms with Crippen molar-refractivity contribution in [2.75, 3.05) is 6.54 Å². The molecule has 1 heterocycles. The molecule has 4 nitrogen and oxygen atoms in total. The Kier molecular flexibility index (Phi) is 6.17. The van der Waals surface area contributed by atoms with Crippen molar-refractivity contribution in [2.24, 2.45) is 0 Å². The van der Waals surface area contributed by atoms with Crippen LogP contribution in [0.15, 0.2) is 78.9 Å². The number of hydrogen-bond acceptors (Lipinski definition) is 2. The monoisotopic (exact) mass is 418 g/mol. The van der Waals surface area contributed by atoms with Crippen LogP contribution in [0.2, 0.25) is 5.02 Å². The fourth-order valence-corrected chi connectivity index (χ4v) is 4.05. The van der Waals surface area contributed by atoms with Gasteiger partial charge in [0.25, 0.3) is 0 Å². The smallest absolute Gasteiger partial charge is 0.352 e. The number of hydrogen-bond donors (Lipinski definition) is 2. The van der Waals surface area contributed by atoms with Crippen LogP contribution in [0.1, 0.15) is 27.2 Å². The predicted octanol–water partition coefficient (Wildman–Crippen LogP) is 5.37. The van der Waals surface area contributed by atoms with E-state index in [2.05, 4.69) is 17.4 Å². The van der Waals surface area contributed by atoms with Gasteiger partial charge in [-0.25, -0.2) is 4.79 Å². The van der Waals surface area contributed by atoms with Gasteiger partial charge in [0.05, 0.1) is 0 Å². The van der Waals surface area contributed by atoms with Gasteiger partial charge in [-0.1, -0.05) is 78.3 Å². The van der Waals surface area contributed by atoms with E-state index in [-0.39, 0.29) is 0 Å². The van der Waals surface area contributed by atoms with Crippen LogP contribution in [0.25, 0.3) is 10.9 Å². The van der Waals surface area contributed by atoms with Crippen molar-refractivity contribution in [1.29, 1.82) is 0 Å². The molecule has 3 aromatic carbocycles. The number of nitrogens with zero attached hydrogens (tertiary/aromatic N) is 1. The van der Waals surface area contributed by atoms with Gasteiger partial charge in [-0.2, -0.15) is 0 Å². The van der Waals surface area contributed by atoms with Crippen LogP contribution in [0.4, 0.5) is 0 Å². The molecule has 0 atom stereocenters. The lowest BCUT2D eigenvalue weighted by molar-refractivity contribution is 0.0685. The predicted molar refractivity (Wildman–Crippen MR) is 121 cm³/mol. The van der Waals surface area contributed by atoms with Crippen molar-refractivity contribution >= 4 is 28.5 Å². The van der Waals surface area contributed by atoms with E-state index >= 15 is 0 Å². The highest BCUT2D eigenvalue weighted by molar-refractivity contribution is 6.31. The summed E-state index contributed by atoms with van der Waals surface area (Å²) in [6.45, 7) is 1.67. The summed E-state index contributed by atoms with van der Waals surface area (Å²) in [6.07, 6.45) is 0.890. The minimum absolute atomic E-state index is 0.309. The van der Waals surface area contributed by atoms with Crippen LogP contribution in [-0.4, -0.2) is 22.2 Å². The number of nitrogens with one attached hydrogen (secondary N) is 1. The van der Waals surface area contributed by atoms with E-state index in [0.29, 0.717) is 23.8 Å². The quantitative estimate of drug-likeness (QED) is 0.378. The third kappa shape index (κ3) is 4.25. The molecule has 30 heavy (non-hydrogen) atoms. The number of carboxylic acid groups (broad SMARTS) is 1. The highest BCUT2D eigenvalue weighted by atomic mass is 35.5. The van der Waals surface area contributed by atoms with E-state index < -0.39 is 5.97 Å². The molecular formula is C25H23ClN2O2. The van der Waals surface area contributed by atoms with Crippen LogP contribution >= 0.6 is 11.6 Å². The lowest BCUT2D eigenvalue weighted by Gasteiger charge is -2.11. The number of carboxylic acids is 1. The van der Waals surface area contributed by atoms with Gasteiger partial charge in [0.15, 0.2) is 0 Å². The van der Waals surface area contributed by atoms with E-state index in [1.807, 2.05) is 71.3 Å². The van der Waals surface area contributed by atoms with Crippen molar-refractivity contribution < 1.29 is 9.90 Å². The Morgan fingerprint density at radius 3 is 2.40 bits per heavy atom. The summed E-state index contributed by atoms with van der Waals surface area (Å²) in [7, 11) is 0. The van der Waals surface area contributed by atoms with E-state index in [1.165, 1.54) is 5.56 Å². The first-order valence-corrected chi connectivity index (χ1v) is 10.3. The Morgan fingerprint density at radius 2 is 1.63 bits per heavy atom. The second-order valence-corrected chi connectivity index (χ2v) is 7.65. The van der Waals surface area contributed by atoms with Crippen LogP contribution in [0.3, 0.4) is 0 Å². The van der Waals surface area contributed by atoms with E-state index in [0.717, 1.165) is 35.0 Å². The first-order chi connectivity index (χ1) is 14.6. The van der Waals surface area contributed by atoms with Gasteiger partial charge in [0.1, 0.15) is 5.69 Å². The summed E-state index contributed by atoms with van der Waals surface area (Å²) in [5.41, 5.74) is 4.16. The van der Waals surface area contributed by atoms with Gasteiger partial charge in [-0.3, -0.25) is 0 Å². The number of aromatic nitrogens is 1. The standard InChI is InChI=1S/C25H23ClN2O2/c26-22-12-6-4-10-19(22)17-28-23-13-7-5-11-20(23)21(24(28)25(29)30)16-27-15-14-18-8-2-1-3-9-18/h1-13,27H,14-17H2,(H,29,30). The molecule has 0 radical (unpaired) electrons. The molecule has 1 aromatic heterocycles. The van der Waals surface area contributed by atoms with Gasteiger partial charge in [0.2, 0.25) is 0 Å². The zero-order valence-corrected chi connectivity index (χ0v) is 17.3. The summed E-state index contributed by atoms with van der Waals surface area (Å²) in [5, 5.41) is 15.1. The van der Waals surface area contributed by atoms with Crippen LogP contribution in [0.5, 0.6) is 0 Å². The third-order valence-corrected chi connectivity index (χ3v) is 5.67. The molecule has 2 N–H and O–H groups in total. The second-order valence-electron chi connectivity index (χ2n) is 7.24. The number of halogens is 1. The molecule has 5 heteroatoms. The SMILES string of the molecule is O=C(O)c1c(CNCCc2ccccc2)c2ccccc2n1Cc1ccccc1Cl. The molecule has 0 aliphatic carbocycles. The minimum Gasteiger partial charge on any atom is -0.477 e. The third-order valence-electron chi connectivity index (χ3n) is 5.30. The molecule has 4 aromatic rings. The second kappa shape index (κ2) is 9.16. The molecular weight excluding hydrogens is 396 g/mol. The van der Waals surface area contributed by atoms with Gasteiger partial charge >= 0.3 is 5.97 Å². The number of fused-ring (bicyclic) bond motifs is 1. The maximum absolute atomic E-state index is 12.3. The van der Waals surface area contributed by atoms with Crippen molar-refractivity contribution in [2.45, 2.75) is 19.5 Å². The summed E-state index contributed by atoms with van der Waals surface area (Å²) >= 11 is 6.35. The normalized spacial score (nSPS) is 11.1. The lowest BCUT2D eigenvalue weighted by Crippen LogP contribution is -2.19. The minimum atomic E-state index is -0.932. The molecule has 152 valence electrons. The van der Waals surface area contributed by atoms with Crippen LogP contribution in [0, 0.1) is 0 Å². The molecule has 0 spiro atoms. The first kappa shape index (κ1) is 20.2. The van der Waals surface area contributed by atoms with Gasteiger partial charge in [-0.05, 0) is 36.2 Å². The van der Waals surface area contributed by atoms with Gasteiger partial charge in [-0.15, -0.1) is 0 Å². The Balaban J connectivity index is 1.64. The average Bonchev–Trinajstić information content (AvgIpc) is 3.07. The molecule has 0 amide bonds. The van der Waals surface area contributed by atoms with E-state index in [9.17, 15) is 9.90 Å². The maximum atomic E-state index is 12.3. The Hall–Kier alpha value is -3.08. The summed E-state index contributed by atoms with van der Waals surface area (Å²) in [6, 6.07) is 25.6. The number of para-hydroxylation sites is 1. The Labute approximate surface area is 180 Å². The van der Waals surface area contributed by atoms with Gasteiger partial charge in [0, 0.05) is 34.6 Å². The first-order valence-electron chi connectivity index (χ1n) is 9.96. The van der Waals surface area contributed by atoms with Crippen LogP contribution in [-0.2, 0) is 19.5 Å². The molecule has 0 bridgehead atoms. The summed E-state index contributed by atoms with van der Waals surface area (Å²) in [5.74, 6) is -0.932. The fraction of sp³-hybridized carbons (Fsp3) is 0.160. The van der Waals surface area contributed by atoms with Crippen LogP contribution < -0.4 is 5.32 Å². The number of benzene rings is 3. The molecule has 0 aliphatic rings. The number of aromatic carboxylic acids is 1. The van der Waals surface area contributed by atoms with Crippen molar-refractivity contribution in [3.63, 3.8) is 0 Å². The average molecular weight is 419 g/mol. The Bertz CT molecular complexity index is 1170. The van der Waals surface area contributed by atoms with E-state index in [4.69, 9.17) is 11.6 Å². The highest BCUT2D eigenvalue weighted by Crippen LogP contribution is 2.29. The topological polar surface area (TPSA) is 54.3 Å². The molecule has 0 aliphatic heterocycles. The zero-order valence-electron chi connectivity index (χ0n) is 16.5. The fourth-order valence-electron chi connectivity index (χ4n) is 3.85. The molecule has 0 saturated carbocycles. The summed E-state index contributed by atoms with van der Waals surface area (Å²) < 4.78 is 1.85. The Morgan fingerprint density at radius 1 is 0.933 bits per heavy atom.